The van der Waals surface area contributed by atoms with Gasteiger partial charge in [-0.15, -0.1) is 0 Å². The zero-order valence-electron chi connectivity index (χ0n) is 15.1. The molecule has 0 saturated carbocycles. The SMILES string of the molecule is c1ccc2c(c1)Nc1ccccc1[As]2[As]1c2ccccc2Nc2ccccc21. The molecule has 4 heteroatoms. The Morgan fingerprint density at radius 3 is 0.893 bits per heavy atom. The Morgan fingerprint density at radius 1 is 0.357 bits per heavy atom. The average Bonchev–Trinajstić information content (AvgIpc) is 2.76. The minimum atomic E-state index is -1.53. The molecule has 2 aliphatic heterocycles. The van der Waals surface area contributed by atoms with Crippen molar-refractivity contribution in [2.45, 2.75) is 0 Å². The van der Waals surface area contributed by atoms with Crippen molar-refractivity contribution in [3.63, 3.8) is 0 Å². The van der Waals surface area contributed by atoms with E-state index in [9.17, 15) is 0 Å². The second-order valence-electron chi connectivity index (χ2n) is 6.94. The topological polar surface area (TPSA) is 24.1 Å². The molecule has 0 fully saturated rings. The summed E-state index contributed by atoms with van der Waals surface area (Å²) in [6, 6.07) is 36.0. The summed E-state index contributed by atoms with van der Waals surface area (Å²) in [7, 11) is 0. The van der Waals surface area contributed by atoms with Gasteiger partial charge < -0.3 is 0 Å². The Hall–Kier alpha value is -2.40. The summed E-state index contributed by atoms with van der Waals surface area (Å²) in [5.74, 6) is 0. The molecule has 0 atom stereocenters. The molecular weight excluding hydrogens is 466 g/mol. The van der Waals surface area contributed by atoms with Crippen LogP contribution < -0.4 is 28.0 Å². The quantitative estimate of drug-likeness (QED) is 0.407. The van der Waals surface area contributed by atoms with Gasteiger partial charge >= 0.3 is 173 Å². The van der Waals surface area contributed by atoms with Crippen LogP contribution in [0.5, 0.6) is 0 Å². The van der Waals surface area contributed by atoms with Crippen LogP contribution in [0.15, 0.2) is 97.1 Å². The molecule has 0 bridgehead atoms. The predicted molar refractivity (Wildman–Crippen MR) is 122 cm³/mol. The van der Waals surface area contributed by atoms with E-state index in [2.05, 4.69) is 108 Å². The Balaban J connectivity index is 1.66. The third kappa shape index (κ3) is 2.49. The summed E-state index contributed by atoms with van der Waals surface area (Å²) in [6.45, 7) is 0. The monoisotopic (exact) mass is 484 g/mol. The van der Waals surface area contributed by atoms with Crippen LogP contribution in [0.3, 0.4) is 0 Å². The van der Waals surface area contributed by atoms with Crippen molar-refractivity contribution in [3.8, 4) is 0 Å². The van der Waals surface area contributed by atoms with Crippen molar-refractivity contribution in [1.29, 1.82) is 0 Å². The minimum absolute atomic E-state index is 1.31. The van der Waals surface area contributed by atoms with Crippen molar-refractivity contribution in [1.82, 2.24) is 0 Å². The first-order chi connectivity index (χ1) is 13.9. The number of rotatable bonds is 1. The first-order valence-corrected chi connectivity index (χ1v) is 18.4. The van der Waals surface area contributed by atoms with Crippen molar-refractivity contribution >= 4 is 65.3 Å². The van der Waals surface area contributed by atoms with E-state index in [-0.39, 0.29) is 0 Å². The second-order valence-corrected chi connectivity index (χ2v) is 22.3. The maximum atomic E-state index is 3.70. The number of fused-ring (bicyclic) bond motifs is 4. The van der Waals surface area contributed by atoms with Crippen LogP contribution in [0.25, 0.3) is 0 Å². The summed E-state index contributed by atoms with van der Waals surface area (Å²) >= 11 is -3.05. The van der Waals surface area contributed by atoms with Gasteiger partial charge in [0, 0.05) is 0 Å². The van der Waals surface area contributed by atoms with Gasteiger partial charge in [-0.1, -0.05) is 0 Å². The van der Waals surface area contributed by atoms with Crippen molar-refractivity contribution in [3.05, 3.63) is 97.1 Å². The van der Waals surface area contributed by atoms with E-state index in [1.54, 1.807) is 17.4 Å². The van der Waals surface area contributed by atoms with Crippen LogP contribution in [-0.2, 0) is 0 Å². The Kier molecular flexibility index (Phi) is 3.89. The van der Waals surface area contributed by atoms with Crippen molar-refractivity contribution in [2.75, 3.05) is 10.6 Å². The van der Waals surface area contributed by atoms with Gasteiger partial charge in [0.1, 0.15) is 0 Å². The Morgan fingerprint density at radius 2 is 0.607 bits per heavy atom. The average molecular weight is 484 g/mol. The molecule has 0 aromatic heterocycles. The normalized spacial score (nSPS) is 14.7. The number of benzene rings is 4. The van der Waals surface area contributed by atoms with E-state index >= 15 is 0 Å². The first kappa shape index (κ1) is 16.5. The van der Waals surface area contributed by atoms with Gasteiger partial charge in [0.2, 0.25) is 0 Å². The third-order valence-electron chi connectivity index (χ3n) is 5.27. The molecule has 4 aromatic carbocycles. The molecular formula is C24H18As2N2. The fraction of sp³-hybridized carbons (Fsp3) is 0. The number of para-hydroxylation sites is 4. The number of anilines is 4. The molecule has 2 heterocycles. The van der Waals surface area contributed by atoms with Gasteiger partial charge in [-0.25, -0.2) is 0 Å². The maximum absolute atomic E-state index is 3.70. The summed E-state index contributed by atoms with van der Waals surface area (Å²) in [5, 5.41) is 7.40. The fourth-order valence-electron chi connectivity index (χ4n) is 4.04. The van der Waals surface area contributed by atoms with Crippen LogP contribution >= 0.6 is 0 Å². The van der Waals surface area contributed by atoms with Crippen molar-refractivity contribution < 1.29 is 0 Å². The molecule has 2 aliphatic rings. The van der Waals surface area contributed by atoms with Gasteiger partial charge in [0.05, 0.1) is 0 Å². The molecule has 0 spiro atoms. The molecule has 0 amide bonds. The summed E-state index contributed by atoms with van der Waals surface area (Å²) in [4.78, 5) is 0. The van der Waals surface area contributed by atoms with Gasteiger partial charge in [-0.2, -0.15) is 0 Å². The molecule has 2 nitrogen and oxygen atoms in total. The third-order valence-corrected chi connectivity index (χ3v) is 27.0. The molecule has 0 saturated heterocycles. The van der Waals surface area contributed by atoms with Crippen LogP contribution in [0.4, 0.5) is 22.7 Å². The molecule has 134 valence electrons. The zero-order chi connectivity index (χ0) is 18.5. The molecule has 0 radical (unpaired) electrons. The molecule has 4 aromatic rings. The van der Waals surface area contributed by atoms with E-state index in [1.807, 2.05) is 0 Å². The molecule has 28 heavy (non-hydrogen) atoms. The van der Waals surface area contributed by atoms with E-state index < -0.39 is 25.2 Å². The fourth-order valence-corrected chi connectivity index (χ4v) is 28.9. The second kappa shape index (κ2) is 6.59. The van der Waals surface area contributed by atoms with Crippen LogP contribution in [0.1, 0.15) is 0 Å². The van der Waals surface area contributed by atoms with E-state index in [0.717, 1.165) is 0 Å². The van der Waals surface area contributed by atoms with Crippen LogP contribution in [-0.4, -0.2) is 25.2 Å². The Bertz CT molecular complexity index is 1020. The van der Waals surface area contributed by atoms with Gasteiger partial charge in [0.15, 0.2) is 0 Å². The van der Waals surface area contributed by atoms with Crippen LogP contribution in [0, 0.1) is 0 Å². The van der Waals surface area contributed by atoms with Gasteiger partial charge in [0.25, 0.3) is 0 Å². The summed E-state index contributed by atoms with van der Waals surface area (Å²) < 4.78 is 6.28. The van der Waals surface area contributed by atoms with Crippen LogP contribution in [0.2, 0.25) is 0 Å². The predicted octanol–water partition coefficient (Wildman–Crippen LogP) is 2.80. The van der Waals surface area contributed by atoms with Gasteiger partial charge in [-0.3, -0.25) is 0 Å². The molecule has 6 rings (SSSR count). The number of nitrogens with one attached hydrogen (secondary N) is 2. The zero-order valence-corrected chi connectivity index (χ0v) is 18.9. The molecule has 0 aliphatic carbocycles. The number of hydrogen-bond acceptors (Lipinski definition) is 2. The summed E-state index contributed by atoms with van der Waals surface area (Å²) in [6.07, 6.45) is 0. The van der Waals surface area contributed by atoms with E-state index in [4.69, 9.17) is 0 Å². The number of hydrogen-bond donors (Lipinski definition) is 2. The van der Waals surface area contributed by atoms with E-state index in [0.29, 0.717) is 0 Å². The van der Waals surface area contributed by atoms with Crippen molar-refractivity contribution in [2.24, 2.45) is 0 Å². The van der Waals surface area contributed by atoms with E-state index in [1.165, 1.54) is 22.7 Å². The molecule has 2 N–H and O–H groups in total. The Labute approximate surface area is 172 Å². The first-order valence-electron chi connectivity index (χ1n) is 9.40. The van der Waals surface area contributed by atoms with Gasteiger partial charge in [-0.05, 0) is 0 Å². The summed E-state index contributed by atoms with van der Waals surface area (Å²) in [5.41, 5.74) is 5.24. The molecule has 0 unspecified atom stereocenters. The standard InChI is InChI=1S/C24H18As2N2/c1-5-13-21-17(9-1)25(18-10-2-6-14-22(18)27-21)26-19-11-3-7-15-23(19)28-24-16-8-4-12-20(24)26/h1-16,27-28H.